The summed E-state index contributed by atoms with van der Waals surface area (Å²) in [6.07, 6.45) is 3.01. The molecule has 7 nitrogen and oxygen atoms in total. The highest BCUT2D eigenvalue weighted by atomic mass is 32.1. The third-order valence-corrected chi connectivity index (χ3v) is 8.14. The Morgan fingerprint density at radius 3 is 2.74 bits per heavy atom. The number of hydrogen-bond acceptors (Lipinski definition) is 6. The average Bonchev–Trinajstić information content (AvgIpc) is 3.54. The van der Waals surface area contributed by atoms with Gasteiger partial charge in [-0.25, -0.2) is 4.98 Å². The lowest BCUT2D eigenvalue weighted by atomic mass is 9.96. The molecule has 2 aliphatic heterocycles. The lowest BCUT2D eigenvalue weighted by Gasteiger charge is -2.24. The van der Waals surface area contributed by atoms with E-state index in [1.807, 2.05) is 25.1 Å². The first kappa shape index (κ1) is 22.8. The van der Waals surface area contributed by atoms with Gasteiger partial charge in [0.2, 0.25) is 5.91 Å². The van der Waals surface area contributed by atoms with Crippen LogP contribution in [0.1, 0.15) is 71.9 Å². The van der Waals surface area contributed by atoms with Gasteiger partial charge in [0.15, 0.2) is 5.82 Å². The van der Waals surface area contributed by atoms with Crippen LogP contribution in [0.4, 0.5) is 5.82 Å². The molecule has 3 aromatic rings. The largest absolute Gasteiger partial charge is 0.358 e. The molecule has 0 radical (unpaired) electrons. The van der Waals surface area contributed by atoms with E-state index in [0.717, 1.165) is 29.2 Å². The molecule has 1 aromatic carbocycles. The summed E-state index contributed by atoms with van der Waals surface area (Å²) in [6, 6.07) is 11.6. The minimum absolute atomic E-state index is 0.0518. The van der Waals surface area contributed by atoms with Crippen molar-refractivity contribution in [2.45, 2.75) is 64.8 Å². The Bertz CT molecular complexity index is 1230. The number of rotatable bonds is 7. The van der Waals surface area contributed by atoms with E-state index in [1.165, 1.54) is 10.4 Å². The zero-order valence-corrected chi connectivity index (χ0v) is 20.6. The van der Waals surface area contributed by atoms with Crippen LogP contribution in [-0.2, 0) is 24.3 Å². The van der Waals surface area contributed by atoms with Gasteiger partial charge in [-0.3, -0.25) is 14.2 Å². The minimum atomic E-state index is -0.517. The molecule has 5 rings (SSSR count). The number of benzene rings is 1. The molecule has 1 amide bonds. The van der Waals surface area contributed by atoms with Crippen LogP contribution in [0.25, 0.3) is 0 Å². The number of hydrogen-bond donors (Lipinski definition) is 3. The Hall–Kier alpha value is -2.97. The van der Waals surface area contributed by atoms with Crippen molar-refractivity contribution in [3.63, 3.8) is 0 Å². The van der Waals surface area contributed by atoms with Crippen molar-refractivity contribution in [1.29, 1.82) is 0 Å². The van der Waals surface area contributed by atoms with E-state index in [9.17, 15) is 9.59 Å². The standard InChI is InChI=1S/C26H31N5O2S/c1-15(2)23(17-7-5-4-6-8-17)30-24-26(33)31-19(13-28-24)9-10-20(31)25(32)29-16(3)21-11-18-12-27-14-22(18)34-21/h4-8,11,13,15-16,20,23,27H,9-10,12,14H2,1-3H3,(H,28,30)(H,29,32)/t16-,20-,23+/m0/s1. The second-order valence-electron chi connectivity index (χ2n) is 9.54. The molecule has 0 fully saturated rings. The number of thiophene rings is 1. The number of nitrogens with one attached hydrogen (secondary N) is 3. The van der Waals surface area contributed by atoms with Gasteiger partial charge in [0, 0.05) is 34.7 Å². The van der Waals surface area contributed by atoms with Gasteiger partial charge in [0.25, 0.3) is 5.56 Å². The lowest BCUT2D eigenvalue weighted by molar-refractivity contribution is -0.124. The predicted octanol–water partition coefficient (Wildman–Crippen LogP) is 4.08. The van der Waals surface area contributed by atoms with Crippen LogP contribution in [0.3, 0.4) is 0 Å². The SMILES string of the molecule is CC(C)[C@@H](Nc1ncc2n(c1=O)[C@H](C(=O)N[C@@H](C)c1cc3c(s1)CNC3)CC2)c1ccccc1. The highest BCUT2D eigenvalue weighted by Crippen LogP contribution is 2.32. The molecule has 0 bridgehead atoms. The first-order chi connectivity index (χ1) is 16.4. The molecular formula is C26H31N5O2S. The van der Waals surface area contributed by atoms with Crippen molar-refractivity contribution < 1.29 is 4.79 Å². The second kappa shape index (κ2) is 9.35. The van der Waals surface area contributed by atoms with Crippen LogP contribution in [-0.4, -0.2) is 15.5 Å². The summed E-state index contributed by atoms with van der Waals surface area (Å²) < 4.78 is 1.64. The van der Waals surface area contributed by atoms with Gasteiger partial charge >= 0.3 is 0 Å². The summed E-state index contributed by atoms with van der Waals surface area (Å²) in [4.78, 5) is 33.7. The number of fused-ring (bicyclic) bond motifs is 2. The third kappa shape index (κ3) is 4.28. The maximum absolute atomic E-state index is 13.5. The molecule has 0 saturated heterocycles. The Kier molecular flexibility index (Phi) is 6.27. The lowest BCUT2D eigenvalue weighted by Crippen LogP contribution is -2.38. The van der Waals surface area contributed by atoms with E-state index in [1.54, 1.807) is 22.1 Å². The van der Waals surface area contributed by atoms with Crippen LogP contribution in [0.5, 0.6) is 0 Å². The number of carbonyl (C=O) groups excluding carboxylic acids is 1. The van der Waals surface area contributed by atoms with E-state index < -0.39 is 6.04 Å². The molecule has 34 heavy (non-hydrogen) atoms. The van der Waals surface area contributed by atoms with Gasteiger partial charge in [0.05, 0.1) is 12.1 Å². The van der Waals surface area contributed by atoms with Crippen LogP contribution in [0, 0.1) is 5.92 Å². The smallest absolute Gasteiger partial charge is 0.294 e. The van der Waals surface area contributed by atoms with Crippen molar-refractivity contribution in [2.75, 3.05) is 5.32 Å². The fraction of sp³-hybridized carbons (Fsp3) is 0.423. The molecule has 4 heterocycles. The van der Waals surface area contributed by atoms with Gasteiger partial charge in [-0.15, -0.1) is 11.3 Å². The predicted molar refractivity (Wildman–Crippen MR) is 135 cm³/mol. The highest BCUT2D eigenvalue weighted by Gasteiger charge is 2.32. The molecule has 0 unspecified atom stereocenters. The maximum Gasteiger partial charge on any atom is 0.294 e. The van der Waals surface area contributed by atoms with Crippen molar-refractivity contribution in [3.8, 4) is 0 Å². The highest BCUT2D eigenvalue weighted by molar-refractivity contribution is 7.12. The van der Waals surface area contributed by atoms with Crippen molar-refractivity contribution in [1.82, 2.24) is 20.2 Å². The van der Waals surface area contributed by atoms with Gasteiger partial charge in [-0.1, -0.05) is 44.2 Å². The Labute approximate surface area is 203 Å². The van der Waals surface area contributed by atoms with E-state index in [2.05, 4.69) is 53.0 Å². The topological polar surface area (TPSA) is 88.0 Å². The fourth-order valence-corrected chi connectivity index (χ4v) is 6.08. The summed E-state index contributed by atoms with van der Waals surface area (Å²) in [6.45, 7) is 8.03. The summed E-state index contributed by atoms with van der Waals surface area (Å²) in [5.74, 6) is 0.436. The van der Waals surface area contributed by atoms with E-state index in [4.69, 9.17) is 0 Å². The monoisotopic (exact) mass is 477 g/mol. The quantitative estimate of drug-likeness (QED) is 0.477. The molecule has 3 N–H and O–H groups in total. The van der Waals surface area contributed by atoms with E-state index >= 15 is 0 Å². The third-order valence-electron chi connectivity index (χ3n) is 6.78. The molecular weight excluding hydrogens is 446 g/mol. The molecule has 0 spiro atoms. The fourth-order valence-electron chi connectivity index (χ4n) is 4.92. The van der Waals surface area contributed by atoms with Gasteiger partial charge in [-0.05, 0) is 42.9 Å². The van der Waals surface area contributed by atoms with E-state index in [-0.39, 0.29) is 29.5 Å². The minimum Gasteiger partial charge on any atom is -0.358 e. The summed E-state index contributed by atoms with van der Waals surface area (Å²) in [5, 5.41) is 9.86. The van der Waals surface area contributed by atoms with Crippen LogP contribution in [0.15, 0.2) is 47.4 Å². The van der Waals surface area contributed by atoms with Crippen LogP contribution < -0.4 is 21.5 Å². The summed E-state index contributed by atoms with van der Waals surface area (Å²) >= 11 is 1.75. The summed E-state index contributed by atoms with van der Waals surface area (Å²) in [5.41, 5.74) is 3.00. The normalized spacial score (nSPS) is 18.4. The van der Waals surface area contributed by atoms with Crippen molar-refractivity contribution >= 4 is 23.1 Å². The second-order valence-corrected chi connectivity index (χ2v) is 10.7. The van der Waals surface area contributed by atoms with Gasteiger partial charge < -0.3 is 16.0 Å². The van der Waals surface area contributed by atoms with Crippen LogP contribution >= 0.6 is 11.3 Å². The Morgan fingerprint density at radius 1 is 1.21 bits per heavy atom. The summed E-state index contributed by atoms with van der Waals surface area (Å²) in [7, 11) is 0. The number of amides is 1. The van der Waals surface area contributed by atoms with Crippen LogP contribution in [0.2, 0.25) is 0 Å². The van der Waals surface area contributed by atoms with E-state index in [0.29, 0.717) is 18.7 Å². The molecule has 0 saturated carbocycles. The number of aryl methyl sites for hydroxylation is 1. The van der Waals surface area contributed by atoms with Gasteiger partial charge in [0.1, 0.15) is 6.04 Å². The van der Waals surface area contributed by atoms with Crippen molar-refractivity contribution in [2.24, 2.45) is 5.92 Å². The number of aromatic nitrogens is 2. The molecule has 8 heteroatoms. The molecule has 0 aliphatic carbocycles. The first-order valence-electron chi connectivity index (χ1n) is 12.0. The molecule has 3 atom stereocenters. The number of nitrogens with zero attached hydrogens (tertiary/aromatic N) is 2. The number of carbonyl (C=O) groups is 1. The Morgan fingerprint density at radius 2 is 2.00 bits per heavy atom. The molecule has 2 aliphatic rings. The number of anilines is 1. The average molecular weight is 478 g/mol. The molecule has 178 valence electrons. The van der Waals surface area contributed by atoms with Gasteiger partial charge in [-0.2, -0.15) is 0 Å². The zero-order chi connectivity index (χ0) is 23.8. The molecule has 2 aromatic heterocycles. The first-order valence-corrected chi connectivity index (χ1v) is 12.8. The van der Waals surface area contributed by atoms with Crippen molar-refractivity contribution in [3.05, 3.63) is 79.5 Å². The zero-order valence-electron chi connectivity index (χ0n) is 19.8. The Balaban J connectivity index is 1.36. The maximum atomic E-state index is 13.5.